The molecule has 0 aliphatic rings. The predicted molar refractivity (Wildman–Crippen MR) is 130 cm³/mol. The van der Waals surface area contributed by atoms with Gasteiger partial charge in [0.2, 0.25) is 5.91 Å². The maximum absolute atomic E-state index is 12.9. The lowest BCUT2D eigenvalue weighted by Crippen LogP contribution is -2.23. The lowest BCUT2D eigenvalue weighted by molar-refractivity contribution is -0.115. The van der Waals surface area contributed by atoms with Gasteiger partial charge in [-0.15, -0.1) is 10.2 Å². The maximum Gasteiger partial charge on any atom is 0.237 e. The normalized spacial score (nSPS) is 11.7. The molecule has 4 rings (SSSR count). The van der Waals surface area contributed by atoms with Crippen LogP contribution < -0.4 is 5.32 Å². The first-order chi connectivity index (χ1) is 15.9. The van der Waals surface area contributed by atoms with Crippen LogP contribution in [0.4, 0.5) is 5.69 Å². The number of anilines is 1. The number of para-hydroxylation sites is 1. The van der Waals surface area contributed by atoms with Gasteiger partial charge in [0.05, 0.1) is 10.9 Å². The smallest absolute Gasteiger partial charge is 0.237 e. The van der Waals surface area contributed by atoms with Crippen molar-refractivity contribution in [3.05, 3.63) is 84.2 Å². The molecule has 8 heteroatoms. The fourth-order valence-corrected chi connectivity index (χ4v) is 4.17. The molecule has 2 aromatic carbocycles. The number of carbonyl (C=O) groups is 2. The molecule has 1 N–H and O–H groups in total. The Balaban J connectivity index is 1.61. The van der Waals surface area contributed by atoms with Crippen molar-refractivity contribution < 1.29 is 9.59 Å². The van der Waals surface area contributed by atoms with Crippen LogP contribution in [0.5, 0.6) is 0 Å². The van der Waals surface area contributed by atoms with Crippen LogP contribution in [0.15, 0.2) is 78.2 Å². The molecule has 0 aliphatic carbocycles. The van der Waals surface area contributed by atoms with E-state index < -0.39 is 5.25 Å². The largest absolute Gasteiger partial charge is 0.325 e. The Hall–Kier alpha value is -3.78. The summed E-state index contributed by atoms with van der Waals surface area (Å²) in [6.45, 7) is 5.37. The highest BCUT2D eigenvalue weighted by atomic mass is 32.2. The van der Waals surface area contributed by atoms with Gasteiger partial charge in [0.15, 0.2) is 16.8 Å². The van der Waals surface area contributed by atoms with E-state index in [0.717, 1.165) is 16.8 Å². The highest BCUT2D eigenvalue weighted by molar-refractivity contribution is 8.00. The van der Waals surface area contributed by atoms with Gasteiger partial charge < -0.3 is 5.32 Å². The Morgan fingerprint density at radius 3 is 2.33 bits per heavy atom. The Bertz CT molecular complexity index is 1290. The molecule has 2 heterocycles. The van der Waals surface area contributed by atoms with Gasteiger partial charge >= 0.3 is 0 Å². The summed E-state index contributed by atoms with van der Waals surface area (Å²) < 4.78 is 1.97. The highest BCUT2D eigenvalue weighted by Gasteiger charge is 2.22. The summed E-state index contributed by atoms with van der Waals surface area (Å²) >= 11 is 1.33. The summed E-state index contributed by atoms with van der Waals surface area (Å²) in [5.41, 5.74) is 4.14. The van der Waals surface area contributed by atoms with Gasteiger partial charge in [0.1, 0.15) is 0 Å². The van der Waals surface area contributed by atoms with Crippen LogP contribution in [0.2, 0.25) is 0 Å². The summed E-state index contributed by atoms with van der Waals surface area (Å²) in [6, 6.07) is 18.6. The quantitative estimate of drug-likeness (QED) is 0.312. The van der Waals surface area contributed by atoms with Gasteiger partial charge in [-0.3, -0.25) is 19.1 Å². The molecule has 0 radical (unpaired) electrons. The first-order valence-electron chi connectivity index (χ1n) is 10.4. The fraction of sp³-hybridized carbons (Fsp3) is 0.160. The van der Waals surface area contributed by atoms with Crippen LogP contribution in [0, 0.1) is 6.92 Å². The van der Waals surface area contributed by atoms with Crippen LogP contribution in [0.3, 0.4) is 0 Å². The van der Waals surface area contributed by atoms with E-state index in [1.54, 1.807) is 36.7 Å². The van der Waals surface area contributed by atoms with Crippen molar-refractivity contribution in [1.29, 1.82) is 0 Å². The van der Waals surface area contributed by atoms with Crippen molar-refractivity contribution >= 4 is 29.1 Å². The minimum Gasteiger partial charge on any atom is -0.325 e. The van der Waals surface area contributed by atoms with E-state index in [-0.39, 0.29) is 11.7 Å². The van der Waals surface area contributed by atoms with Crippen LogP contribution in [-0.4, -0.2) is 36.7 Å². The van der Waals surface area contributed by atoms with E-state index in [0.29, 0.717) is 22.2 Å². The zero-order chi connectivity index (χ0) is 23.4. The number of ketones is 1. The van der Waals surface area contributed by atoms with Gasteiger partial charge in [-0.25, -0.2) is 0 Å². The van der Waals surface area contributed by atoms with Crippen LogP contribution in [-0.2, 0) is 4.79 Å². The van der Waals surface area contributed by atoms with Crippen molar-refractivity contribution in [3.8, 4) is 17.1 Å². The van der Waals surface area contributed by atoms with E-state index in [1.165, 1.54) is 18.7 Å². The molecule has 0 fully saturated rings. The minimum atomic E-state index is -0.435. The molecule has 166 valence electrons. The summed E-state index contributed by atoms with van der Waals surface area (Å²) in [7, 11) is 0. The number of aryl methyl sites for hydroxylation is 1. The molecule has 4 aromatic rings. The topological polar surface area (TPSA) is 89.8 Å². The number of benzene rings is 2. The van der Waals surface area contributed by atoms with Crippen molar-refractivity contribution in [2.45, 2.75) is 31.2 Å². The average molecular weight is 458 g/mol. The number of aromatic nitrogens is 4. The number of rotatable bonds is 7. The number of nitrogens with one attached hydrogen (secondary N) is 1. The third-order valence-electron chi connectivity index (χ3n) is 5.14. The highest BCUT2D eigenvalue weighted by Crippen LogP contribution is 2.31. The number of hydrogen-bond donors (Lipinski definition) is 1. The van der Waals surface area contributed by atoms with E-state index in [1.807, 2.05) is 54.8 Å². The Morgan fingerprint density at radius 2 is 1.67 bits per heavy atom. The van der Waals surface area contributed by atoms with Crippen molar-refractivity contribution in [3.63, 3.8) is 0 Å². The lowest BCUT2D eigenvalue weighted by atomic mass is 10.1. The molecule has 0 aliphatic heterocycles. The molecule has 7 nitrogen and oxygen atoms in total. The van der Waals surface area contributed by atoms with E-state index in [4.69, 9.17) is 0 Å². The van der Waals surface area contributed by atoms with E-state index in [9.17, 15) is 9.59 Å². The number of amides is 1. The first kappa shape index (κ1) is 22.4. The van der Waals surface area contributed by atoms with Crippen LogP contribution >= 0.6 is 11.8 Å². The van der Waals surface area contributed by atoms with Gasteiger partial charge in [-0.2, -0.15) is 0 Å². The second-order valence-corrected chi connectivity index (χ2v) is 8.85. The Kier molecular flexibility index (Phi) is 6.65. The number of nitrogens with zero attached hydrogens (tertiary/aromatic N) is 4. The summed E-state index contributed by atoms with van der Waals surface area (Å²) in [5, 5.41) is 11.9. The first-order valence-corrected chi connectivity index (χ1v) is 11.3. The van der Waals surface area contributed by atoms with Crippen molar-refractivity contribution in [2.75, 3.05) is 5.32 Å². The summed E-state index contributed by atoms with van der Waals surface area (Å²) in [5.74, 6) is 0.499. The molecule has 0 spiro atoms. The van der Waals surface area contributed by atoms with E-state index >= 15 is 0 Å². The van der Waals surface area contributed by atoms with Gasteiger partial charge in [-0.05, 0) is 68.8 Å². The number of Topliss-reactive ketones (excluding diaryl/α,β-unsaturated/α-hetero) is 1. The number of pyridine rings is 1. The Labute approximate surface area is 196 Å². The van der Waals surface area contributed by atoms with Crippen LogP contribution in [0.25, 0.3) is 17.1 Å². The van der Waals surface area contributed by atoms with Crippen molar-refractivity contribution in [2.24, 2.45) is 0 Å². The molecule has 0 saturated carbocycles. The molecule has 0 bridgehead atoms. The molecule has 33 heavy (non-hydrogen) atoms. The van der Waals surface area contributed by atoms with Crippen molar-refractivity contribution in [1.82, 2.24) is 19.7 Å². The molecule has 1 amide bonds. The maximum atomic E-state index is 12.9. The summed E-state index contributed by atoms with van der Waals surface area (Å²) in [6.07, 6.45) is 3.43. The number of carbonyl (C=O) groups excluding carboxylic acids is 2. The monoisotopic (exact) mass is 457 g/mol. The van der Waals surface area contributed by atoms with Crippen LogP contribution in [0.1, 0.15) is 29.8 Å². The Morgan fingerprint density at radius 1 is 0.970 bits per heavy atom. The molecule has 1 unspecified atom stereocenters. The second kappa shape index (κ2) is 9.79. The number of thioether (sulfide) groups is 1. The zero-order valence-electron chi connectivity index (χ0n) is 18.5. The SMILES string of the molecule is CC(=O)c1ccc(NC(=O)C(C)Sc2nnc(-c3ccncc3)n2-c2ccccc2C)cc1. The standard InChI is InChI=1S/C25H23N5O2S/c1-16-6-4-5-7-22(16)30-23(20-12-14-26-15-13-20)28-29-25(30)33-18(3)24(32)27-21-10-8-19(9-11-21)17(2)31/h4-15,18H,1-3H3,(H,27,32). The lowest BCUT2D eigenvalue weighted by Gasteiger charge is -2.15. The molecular weight excluding hydrogens is 434 g/mol. The minimum absolute atomic E-state index is 0.0163. The third-order valence-corrected chi connectivity index (χ3v) is 6.18. The second-order valence-electron chi connectivity index (χ2n) is 7.55. The third kappa shape index (κ3) is 5.01. The van der Waals surface area contributed by atoms with Gasteiger partial charge in [0, 0.05) is 29.2 Å². The average Bonchev–Trinajstić information content (AvgIpc) is 3.23. The summed E-state index contributed by atoms with van der Waals surface area (Å²) in [4.78, 5) is 28.4. The molecule has 2 aromatic heterocycles. The zero-order valence-corrected chi connectivity index (χ0v) is 19.3. The predicted octanol–water partition coefficient (Wildman–Crippen LogP) is 4.96. The van der Waals surface area contributed by atoms with Gasteiger partial charge in [0.25, 0.3) is 0 Å². The van der Waals surface area contributed by atoms with E-state index in [2.05, 4.69) is 20.5 Å². The molecule has 1 atom stereocenters. The number of hydrogen-bond acceptors (Lipinski definition) is 6. The fourth-order valence-electron chi connectivity index (χ4n) is 3.31. The molecular formula is C25H23N5O2S. The molecule has 0 saturated heterocycles. The van der Waals surface area contributed by atoms with Gasteiger partial charge in [-0.1, -0.05) is 30.0 Å².